The van der Waals surface area contributed by atoms with Crippen molar-refractivity contribution in [2.45, 2.75) is 37.5 Å². The van der Waals surface area contributed by atoms with Crippen LogP contribution in [0.2, 0.25) is 0 Å². The van der Waals surface area contributed by atoms with E-state index in [0.717, 1.165) is 26.1 Å². The van der Waals surface area contributed by atoms with Crippen molar-refractivity contribution in [3.8, 4) is 0 Å². The van der Waals surface area contributed by atoms with Gasteiger partial charge in [-0.25, -0.2) is 0 Å². The van der Waals surface area contributed by atoms with E-state index in [0.29, 0.717) is 19.0 Å². The molecule has 2 rings (SSSR count). The van der Waals surface area contributed by atoms with Gasteiger partial charge in [-0.2, -0.15) is 0 Å². The number of aliphatic hydroxyl groups excluding tert-OH is 1. The number of nitrogens with two attached hydrogens (primary N) is 1. The van der Waals surface area contributed by atoms with Crippen LogP contribution in [0, 0.1) is 0 Å². The van der Waals surface area contributed by atoms with Gasteiger partial charge in [-0.05, 0) is 24.8 Å². The second-order valence-electron chi connectivity index (χ2n) is 5.22. The van der Waals surface area contributed by atoms with Gasteiger partial charge in [0, 0.05) is 31.8 Å². The smallest absolute Gasteiger partial charge is 0.0818 e. The Kier molecular flexibility index (Phi) is 5.79. The molecule has 0 bridgehead atoms. The van der Waals surface area contributed by atoms with E-state index in [1.807, 2.05) is 30.3 Å². The number of aliphatic hydroxyl groups is 1. The molecule has 0 saturated carbocycles. The first-order valence-corrected chi connectivity index (χ1v) is 7.04. The SMILES string of the molecule is N[C@@H](Cc1ccccc1)[C@H](O)CNC1CCOCC1. The molecule has 4 nitrogen and oxygen atoms in total. The molecule has 0 unspecified atom stereocenters. The van der Waals surface area contributed by atoms with Crippen molar-refractivity contribution in [2.24, 2.45) is 5.73 Å². The fourth-order valence-corrected chi connectivity index (χ4v) is 2.36. The Morgan fingerprint density at radius 1 is 1.26 bits per heavy atom. The molecule has 1 aliphatic heterocycles. The number of ether oxygens (including phenoxy) is 1. The molecule has 0 aliphatic carbocycles. The zero-order valence-corrected chi connectivity index (χ0v) is 11.3. The maximum atomic E-state index is 10.1. The van der Waals surface area contributed by atoms with Gasteiger partial charge in [-0.1, -0.05) is 30.3 Å². The highest BCUT2D eigenvalue weighted by atomic mass is 16.5. The van der Waals surface area contributed by atoms with Gasteiger partial charge in [0.25, 0.3) is 0 Å². The third kappa shape index (κ3) is 4.91. The highest BCUT2D eigenvalue weighted by Crippen LogP contribution is 2.07. The Hall–Kier alpha value is -0.940. The van der Waals surface area contributed by atoms with Crippen molar-refractivity contribution in [3.05, 3.63) is 35.9 Å². The second kappa shape index (κ2) is 7.60. The van der Waals surface area contributed by atoms with Crippen molar-refractivity contribution in [1.82, 2.24) is 5.32 Å². The van der Waals surface area contributed by atoms with Crippen LogP contribution in [-0.2, 0) is 11.2 Å². The van der Waals surface area contributed by atoms with E-state index < -0.39 is 6.10 Å². The Bertz CT molecular complexity index is 352. The number of hydrogen-bond acceptors (Lipinski definition) is 4. The van der Waals surface area contributed by atoms with Crippen molar-refractivity contribution in [3.63, 3.8) is 0 Å². The molecule has 1 aromatic rings. The highest BCUT2D eigenvalue weighted by Gasteiger charge is 2.18. The molecule has 0 amide bonds. The number of rotatable bonds is 6. The molecule has 4 N–H and O–H groups in total. The standard InChI is InChI=1S/C15H24N2O2/c16-14(10-12-4-2-1-3-5-12)15(18)11-17-13-6-8-19-9-7-13/h1-5,13-15,17-18H,6-11,16H2/t14-,15+/m0/s1. The van der Waals surface area contributed by atoms with Gasteiger partial charge in [0.1, 0.15) is 0 Å². The summed E-state index contributed by atoms with van der Waals surface area (Å²) >= 11 is 0. The van der Waals surface area contributed by atoms with Gasteiger partial charge < -0.3 is 20.9 Å². The number of benzene rings is 1. The van der Waals surface area contributed by atoms with Gasteiger partial charge in [0.15, 0.2) is 0 Å². The van der Waals surface area contributed by atoms with Gasteiger partial charge in [-0.15, -0.1) is 0 Å². The zero-order chi connectivity index (χ0) is 13.5. The summed E-state index contributed by atoms with van der Waals surface area (Å²) in [6.07, 6.45) is 2.22. The molecule has 1 saturated heterocycles. The van der Waals surface area contributed by atoms with Crippen molar-refractivity contribution in [2.75, 3.05) is 19.8 Å². The third-order valence-electron chi connectivity index (χ3n) is 3.65. The second-order valence-corrected chi connectivity index (χ2v) is 5.22. The summed E-state index contributed by atoms with van der Waals surface area (Å²) in [5, 5.41) is 13.5. The van der Waals surface area contributed by atoms with Crippen LogP contribution in [0.15, 0.2) is 30.3 Å². The number of nitrogens with one attached hydrogen (secondary N) is 1. The van der Waals surface area contributed by atoms with Crippen LogP contribution in [0.25, 0.3) is 0 Å². The monoisotopic (exact) mass is 264 g/mol. The maximum absolute atomic E-state index is 10.1. The number of hydrogen-bond donors (Lipinski definition) is 3. The van der Waals surface area contributed by atoms with Gasteiger partial charge in [0.05, 0.1) is 6.10 Å². The fraction of sp³-hybridized carbons (Fsp3) is 0.600. The quantitative estimate of drug-likeness (QED) is 0.707. The van der Waals surface area contributed by atoms with Crippen molar-refractivity contribution >= 4 is 0 Å². The van der Waals surface area contributed by atoms with Crippen LogP contribution in [-0.4, -0.2) is 43.1 Å². The van der Waals surface area contributed by atoms with E-state index in [2.05, 4.69) is 5.32 Å². The Morgan fingerprint density at radius 3 is 2.63 bits per heavy atom. The van der Waals surface area contributed by atoms with Gasteiger partial charge in [0.2, 0.25) is 0 Å². The summed E-state index contributed by atoms with van der Waals surface area (Å²) in [7, 11) is 0. The fourth-order valence-electron chi connectivity index (χ4n) is 2.36. The summed E-state index contributed by atoms with van der Waals surface area (Å²) in [5.74, 6) is 0. The molecular formula is C15H24N2O2. The first-order chi connectivity index (χ1) is 9.25. The molecule has 1 heterocycles. The summed E-state index contributed by atoms with van der Waals surface area (Å²) in [4.78, 5) is 0. The molecule has 0 radical (unpaired) electrons. The molecule has 0 aromatic heterocycles. The minimum Gasteiger partial charge on any atom is -0.390 e. The highest BCUT2D eigenvalue weighted by molar-refractivity contribution is 5.16. The van der Waals surface area contributed by atoms with E-state index in [4.69, 9.17) is 10.5 Å². The third-order valence-corrected chi connectivity index (χ3v) is 3.65. The van der Waals surface area contributed by atoms with Gasteiger partial charge in [-0.3, -0.25) is 0 Å². The van der Waals surface area contributed by atoms with Gasteiger partial charge >= 0.3 is 0 Å². The van der Waals surface area contributed by atoms with Crippen LogP contribution in [0.5, 0.6) is 0 Å². The van der Waals surface area contributed by atoms with Crippen molar-refractivity contribution in [1.29, 1.82) is 0 Å². The van der Waals surface area contributed by atoms with Crippen LogP contribution >= 0.6 is 0 Å². The lowest BCUT2D eigenvalue weighted by atomic mass is 10.0. The predicted octanol–water partition coefficient (Wildman–Crippen LogP) is 0.686. The summed E-state index contributed by atoms with van der Waals surface area (Å²) in [6, 6.07) is 10.3. The average Bonchev–Trinajstić information content (AvgIpc) is 2.47. The normalized spacial score (nSPS) is 20.1. The Morgan fingerprint density at radius 2 is 1.95 bits per heavy atom. The lowest BCUT2D eigenvalue weighted by molar-refractivity contribution is 0.0700. The summed E-state index contributed by atoms with van der Waals surface area (Å²) in [6.45, 7) is 2.17. The van der Waals surface area contributed by atoms with Crippen LogP contribution in [0.4, 0.5) is 0 Å². The van der Waals surface area contributed by atoms with Crippen LogP contribution < -0.4 is 11.1 Å². The Balaban J connectivity index is 1.71. The molecule has 106 valence electrons. The molecular weight excluding hydrogens is 240 g/mol. The van der Waals surface area contributed by atoms with E-state index in [-0.39, 0.29) is 6.04 Å². The molecule has 19 heavy (non-hydrogen) atoms. The topological polar surface area (TPSA) is 67.5 Å². The largest absolute Gasteiger partial charge is 0.390 e. The molecule has 1 aliphatic rings. The van der Waals surface area contributed by atoms with E-state index in [1.54, 1.807) is 0 Å². The molecule has 4 heteroatoms. The molecule has 1 aromatic carbocycles. The van der Waals surface area contributed by atoms with E-state index in [1.165, 1.54) is 5.56 Å². The minimum atomic E-state index is -0.511. The maximum Gasteiger partial charge on any atom is 0.0818 e. The Labute approximate surface area is 115 Å². The van der Waals surface area contributed by atoms with E-state index in [9.17, 15) is 5.11 Å². The average molecular weight is 264 g/mol. The predicted molar refractivity (Wildman–Crippen MR) is 76.0 cm³/mol. The summed E-state index contributed by atoms with van der Waals surface area (Å²) < 4.78 is 5.31. The van der Waals surface area contributed by atoms with Crippen molar-refractivity contribution < 1.29 is 9.84 Å². The minimum absolute atomic E-state index is 0.227. The van der Waals surface area contributed by atoms with Crippen LogP contribution in [0.1, 0.15) is 18.4 Å². The summed E-state index contributed by atoms with van der Waals surface area (Å²) in [5.41, 5.74) is 7.22. The zero-order valence-electron chi connectivity index (χ0n) is 11.3. The van der Waals surface area contributed by atoms with E-state index >= 15 is 0 Å². The molecule has 1 fully saturated rings. The first kappa shape index (κ1) is 14.5. The first-order valence-electron chi connectivity index (χ1n) is 7.04. The molecule has 2 atom stereocenters. The molecule has 0 spiro atoms. The lowest BCUT2D eigenvalue weighted by Gasteiger charge is -2.26. The van der Waals surface area contributed by atoms with Crippen LogP contribution in [0.3, 0.4) is 0 Å². The lowest BCUT2D eigenvalue weighted by Crippen LogP contribution is -2.46.